The fourth-order valence-electron chi connectivity index (χ4n) is 0.695. The maximum Gasteiger partial charge on any atom is 0.211 e. The summed E-state index contributed by atoms with van der Waals surface area (Å²) in [5.41, 5.74) is 0.169. The molecule has 0 heterocycles. The number of halogens is 2. The van der Waals surface area contributed by atoms with Crippen LogP contribution in [0.1, 0.15) is 0 Å². The lowest BCUT2D eigenvalue weighted by Gasteiger charge is -2.01. The Morgan fingerprint density at radius 1 is 1.55 bits per heavy atom. The predicted molar refractivity (Wildman–Crippen MR) is 43.8 cm³/mol. The van der Waals surface area contributed by atoms with E-state index in [1.165, 1.54) is 6.07 Å². The normalized spacial score (nSPS) is 9.27. The van der Waals surface area contributed by atoms with Crippen molar-refractivity contribution in [2.45, 2.75) is 0 Å². The van der Waals surface area contributed by atoms with Gasteiger partial charge in [-0.1, -0.05) is 6.07 Å². The number of para-hydroxylation sites is 1. The van der Waals surface area contributed by atoms with Crippen LogP contribution >= 0.6 is 15.9 Å². The van der Waals surface area contributed by atoms with E-state index < -0.39 is 5.82 Å². The maximum absolute atomic E-state index is 12.8. The van der Waals surface area contributed by atoms with Gasteiger partial charge in [0, 0.05) is 4.47 Å². The van der Waals surface area contributed by atoms with Crippen molar-refractivity contribution in [1.82, 2.24) is 0 Å². The molecule has 0 radical (unpaired) electrons. The van der Waals surface area contributed by atoms with E-state index in [-0.39, 0.29) is 5.69 Å². The van der Waals surface area contributed by atoms with E-state index in [9.17, 15) is 9.18 Å². The molecule has 0 aliphatic rings. The van der Waals surface area contributed by atoms with Crippen LogP contribution in [0.3, 0.4) is 0 Å². The summed E-state index contributed by atoms with van der Waals surface area (Å²) in [4.78, 5) is 9.98. The lowest BCUT2D eigenvalue weighted by Crippen LogP contribution is -1.97. The second-order valence-electron chi connectivity index (χ2n) is 1.86. The van der Waals surface area contributed by atoms with Gasteiger partial charge < -0.3 is 5.32 Å². The average molecular weight is 218 g/mol. The van der Waals surface area contributed by atoms with Crippen molar-refractivity contribution in [3.63, 3.8) is 0 Å². The van der Waals surface area contributed by atoms with Crippen LogP contribution in [0.5, 0.6) is 0 Å². The second-order valence-corrected chi connectivity index (χ2v) is 2.71. The number of rotatable bonds is 2. The third-order valence-corrected chi connectivity index (χ3v) is 1.83. The zero-order valence-electron chi connectivity index (χ0n) is 5.47. The van der Waals surface area contributed by atoms with Gasteiger partial charge in [-0.25, -0.2) is 4.39 Å². The molecule has 2 nitrogen and oxygen atoms in total. The molecule has 0 unspecified atom stereocenters. The highest BCUT2D eigenvalue weighted by Gasteiger charge is 2.03. The molecule has 0 aromatic heterocycles. The van der Waals surface area contributed by atoms with E-state index in [2.05, 4.69) is 21.2 Å². The minimum Gasteiger partial charge on any atom is -0.325 e. The lowest BCUT2D eigenvalue weighted by atomic mass is 10.3. The predicted octanol–water partition coefficient (Wildman–Crippen LogP) is 2.16. The van der Waals surface area contributed by atoms with E-state index in [4.69, 9.17) is 0 Å². The summed E-state index contributed by atoms with van der Waals surface area (Å²) in [6.07, 6.45) is 0.434. The molecule has 1 N–H and O–H groups in total. The molecule has 1 amide bonds. The summed E-state index contributed by atoms with van der Waals surface area (Å²) in [5.74, 6) is -0.452. The van der Waals surface area contributed by atoms with Gasteiger partial charge in [-0.15, -0.1) is 0 Å². The SMILES string of the molecule is O=CNc1c(F)cccc1Br. The molecule has 1 aromatic rings. The molecule has 58 valence electrons. The third kappa shape index (κ3) is 1.77. The number of nitrogens with one attached hydrogen (secondary N) is 1. The number of carbonyl (C=O) groups is 1. The van der Waals surface area contributed by atoms with Crippen LogP contribution in [0.15, 0.2) is 22.7 Å². The standard InChI is InChI=1S/C7H5BrFNO/c8-5-2-1-3-6(9)7(5)10-4-11/h1-4H,(H,10,11). The smallest absolute Gasteiger partial charge is 0.211 e. The van der Waals surface area contributed by atoms with Crippen molar-refractivity contribution in [2.75, 3.05) is 5.32 Å². The second kappa shape index (κ2) is 3.48. The van der Waals surface area contributed by atoms with Crippen LogP contribution in [0.25, 0.3) is 0 Å². The van der Waals surface area contributed by atoms with Crippen LogP contribution in [0.2, 0.25) is 0 Å². The fourth-order valence-corrected chi connectivity index (χ4v) is 1.15. The molecule has 0 fully saturated rings. The number of hydrogen-bond acceptors (Lipinski definition) is 1. The van der Waals surface area contributed by atoms with Gasteiger partial charge >= 0.3 is 0 Å². The van der Waals surface area contributed by atoms with Gasteiger partial charge in [0.05, 0.1) is 5.69 Å². The van der Waals surface area contributed by atoms with Crippen LogP contribution in [-0.4, -0.2) is 6.41 Å². The van der Waals surface area contributed by atoms with Gasteiger partial charge in [-0.3, -0.25) is 4.79 Å². The highest BCUT2D eigenvalue weighted by molar-refractivity contribution is 9.10. The summed E-state index contributed by atoms with van der Waals surface area (Å²) in [6, 6.07) is 4.47. The van der Waals surface area contributed by atoms with E-state index in [0.717, 1.165) is 0 Å². The summed E-state index contributed by atoms with van der Waals surface area (Å²) < 4.78 is 13.3. The molecule has 0 aliphatic heterocycles. The first-order valence-electron chi connectivity index (χ1n) is 2.90. The van der Waals surface area contributed by atoms with Crippen molar-refractivity contribution in [1.29, 1.82) is 0 Å². The van der Waals surface area contributed by atoms with Gasteiger partial charge in [0.2, 0.25) is 6.41 Å². The molecule has 4 heteroatoms. The zero-order chi connectivity index (χ0) is 8.27. The van der Waals surface area contributed by atoms with Gasteiger partial charge in [0.15, 0.2) is 0 Å². The molecule has 0 atom stereocenters. The fraction of sp³-hybridized carbons (Fsp3) is 0. The van der Waals surface area contributed by atoms with Crippen molar-refractivity contribution < 1.29 is 9.18 Å². The highest BCUT2D eigenvalue weighted by atomic mass is 79.9. The number of anilines is 1. The number of amides is 1. The highest BCUT2D eigenvalue weighted by Crippen LogP contribution is 2.24. The van der Waals surface area contributed by atoms with Crippen LogP contribution < -0.4 is 5.32 Å². The van der Waals surface area contributed by atoms with Crippen LogP contribution in [0.4, 0.5) is 10.1 Å². The summed E-state index contributed by atoms with van der Waals surface area (Å²) in [5, 5.41) is 2.24. The Kier molecular flexibility index (Phi) is 2.59. The Morgan fingerprint density at radius 2 is 2.27 bits per heavy atom. The Morgan fingerprint density at radius 3 is 2.82 bits per heavy atom. The Labute approximate surface area is 71.5 Å². The van der Waals surface area contributed by atoms with Gasteiger partial charge in [0.1, 0.15) is 5.82 Å². The average Bonchev–Trinajstić information content (AvgIpc) is 1.97. The first-order chi connectivity index (χ1) is 5.25. The van der Waals surface area contributed by atoms with Crippen molar-refractivity contribution in [3.05, 3.63) is 28.5 Å². The zero-order valence-corrected chi connectivity index (χ0v) is 7.06. The van der Waals surface area contributed by atoms with Crippen LogP contribution in [0, 0.1) is 5.82 Å². The summed E-state index contributed by atoms with van der Waals surface area (Å²) >= 11 is 3.09. The molecule has 11 heavy (non-hydrogen) atoms. The summed E-state index contributed by atoms with van der Waals surface area (Å²) in [6.45, 7) is 0. The van der Waals surface area contributed by atoms with E-state index in [1.54, 1.807) is 12.1 Å². The molecule has 0 spiro atoms. The lowest BCUT2D eigenvalue weighted by molar-refractivity contribution is -0.105. The Balaban J connectivity index is 3.09. The topological polar surface area (TPSA) is 29.1 Å². The van der Waals surface area contributed by atoms with Crippen molar-refractivity contribution in [2.24, 2.45) is 0 Å². The minimum atomic E-state index is -0.452. The van der Waals surface area contributed by atoms with Crippen molar-refractivity contribution in [3.8, 4) is 0 Å². The number of carbonyl (C=O) groups excluding carboxylic acids is 1. The van der Waals surface area contributed by atoms with Gasteiger partial charge in [-0.2, -0.15) is 0 Å². The first kappa shape index (κ1) is 8.20. The Bertz CT molecular complexity index is 257. The first-order valence-corrected chi connectivity index (χ1v) is 3.69. The minimum absolute atomic E-state index is 0.169. The molecule has 0 bridgehead atoms. The molecule has 0 saturated carbocycles. The molecule has 1 aromatic carbocycles. The monoisotopic (exact) mass is 217 g/mol. The van der Waals surface area contributed by atoms with Crippen LogP contribution in [-0.2, 0) is 4.79 Å². The van der Waals surface area contributed by atoms with E-state index >= 15 is 0 Å². The number of benzene rings is 1. The largest absolute Gasteiger partial charge is 0.325 e. The van der Waals surface area contributed by atoms with Gasteiger partial charge in [0.25, 0.3) is 0 Å². The molecule has 1 rings (SSSR count). The summed E-state index contributed by atoms with van der Waals surface area (Å²) in [7, 11) is 0. The number of hydrogen-bond donors (Lipinski definition) is 1. The molecular weight excluding hydrogens is 213 g/mol. The van der Waals surface area contributed by atoms with E-state index in [0.29, 0.717) is 10.9 Å². The Hall–Kier alpha value is -0.900. The van der Waals surface area contributed by atoms with Gasteiger partial charge in [-0.05, 0) is 28.1 Å². The van der Waals surface area contributed by atoms with Crippen molar-refractivity contribution >= 4 is 28.0 Å². The quantitative estimate of drug-likeness (QED) is 0.757. The maximum atomic E-state index is 12.8. The molecular formula is C7H5BrFNO. The van der Waals surface area contributed by atoms with E-state index in [1.807, 2.05) is 0 Å². The third-order valence-electron chi connectivity index (χ3n) is 1.17. The molecule has 0 saturated heterocycles. The molecule has 0 aliphatic carbocycles.